The Kier molecular flexibility index (Phi) is 4.44. The largest absolute Gasteiger partial charge is 0.311 e. The maximum Gasteiger partial charge on any atom is 0.231 e. The first-order valence-corrected chi connectivity index (χ1v) is 9.37. The minimum Gasteiger partial charge on any atom is -0.311 e. The van der Waals surface area contributed by atoms with Gasteiger partial charge < -0.3 is 10.2 Å². The number of anilines is 2. The van der Waals surface area contributed by atoms with Crippen LogP contribution in [0.15, 0.2) is 18.2 Å². The van der Waals surface area contributed by atoms with E-state index in [4.69, 9.17) is 0 Å². The van der Waals surface area contributed by atoms with Crippen molar-refractivity contribution in [3.8, 4) is 0 Å². The Labute approximate surface area is 153 Å². The Balaban J connectivity index is 1.46. The first-order valence-electron chi connectivity index (χ1n) is 8.55. The fourth-order valence-electron chi connectivity index (χ4n) is 3.44. The van der Waals surface area contributed by atoms with Gasteiger partial charge in [0.15, 0.2) is 5.13 Å². The number of fused-ring (bicyclic) bond motifs is 1. The zero-order valence-corrected chi connectivity index (χ0v) is 14.7. The summed E-state index contributed by atoms with van der Waals surface area (Å²) in [6, 6.07) is 2.94. The molecule has 136 valence electrons. The van der Waals surface area contributed by atoms with Crippen LogP contribution in [-0.2, 0) is 22.4 Å². The highest BCUT2D eigenvalue weighted by Crippen LogP contribution is 2.31. The summed E-state index contributed by atoms with van der Waals surface area (Å²) in [4.78, 5) is 31.7. The monoisotopic (exact) mass is 377 g/mol. The molecule has 1 saturated heterocycles. The molecule has 2 aromatic rings. The molecule has 1 aromatic carbocycles. The SMILES string of the molecule is O=C(Nc1nc2c(s1)CCCC2)C1CC(=O)N(c2cc(F)cc(F)c2)C1. The predicted molar refractivity (Wildman–Crippen MR) is 94.2 cm³/mol. The summed E-state index contributed by atoms with van der Waals surface area (Å²) in [5, 5.41) is 3.36. The van der Waals surface area contributed by atoms with E-state index in [9.17, 15) is 18.4 Å². The van der Waals surface area contributed by atoms with E-state index in [-0.39, 0.29) is 30.5 Å². The molecular formula is C18H17F2N3O2S. The molecule has 2 amide bonds. The molecule has 0 saturated carbocycles. The number of rotatable bonds is 3. The van der Waals surface area contributed by atoms with Crippen LogP contribution in [0.25, 0.3) is 0 Å². The number of thiazole rings is 1. The van der Waals surface area contributed by atoms with Crippen LogP contribution in [0.5, 0.6) is 0 Å². The fraction of sp³-hybridized carbons (Fsp3) is 0.389. The van der Waals surface area contributed by atoms with Crippen LogP contribution in [0.2, 0.25) is 0 Å². The predicted octanol–water partition coefficient (Wildman–Crippen LogP) is 3.29. The van der Waals surface area contributed by atoms with Gasteiger partial charge in [-0.05, 0) is 37.8 Å². The Morgan fingerprint density at radius 3 is 2.65 bits per heavy atom. The summed E-state index contributed by atoms with van der Waals surface area (Å²) in [7, 11) is 0. The number of nitrogens with one attached hydrogen (secondary N) is 1. The van der Waals surface area contributed by atoms with Crippen molar-refractivity contribution >= 4 is 34.0 Å². The topological polar surface area (TPSA) is 62.3 Å². The average Bonchev–Trinajstić information content (AvgIpc) is 3.16. The van der Waals surface area contributed by atoms with Crippen LogP contribution in [0, 0.1) is 17.6 Å². The van der Waals surface area contributed by atoms with E-state index in [1.54, 1.807) is 0 Å². The molecule has 1 N–H and O–H groups in total. The smallest absolute Gasteiger partial charge is 0.231 e. The molecule has 1 atom stereocenters. The Bertz CT molecular complexity index is 840. The molecule has 8 heteroatoms. The molecule has 2 aliphatic rings. The first kappa shape index (κ1) is 17.1. The standard InChI is InChI=1S/C18H17F2N3O2S/c19-11-6-12(20)8-13(7-11)23-9-10(5-16(23)24)17(25)22-18-21-14-3-1-2-4-15(14)26-18/h6-8,10H,1-5,9H2,(H,21,22,25). The lowest BCUT2D eigenvalue weighted by atomic mass is 10.0. The fourth-order valence-corrected chi connectivity index (χ4v) is 4.49. The number of amides is 2. The van der Waals surface area contributed by atoms with Crippen LogP contribution in [-0.4, -0.2) is 23.3 Å². The summed E-state index contributed by atoms with van der Waals surface area (Å²) in [6.45, 7) is 0.0959. The van der Waals surface area contributed by atoms with Crippen LogP contribution < -0.4 is 10.2 Å². The molecule has 0 radical (unpaired) electrons. The van der Waals surface area contributed by atoms with Gasteiger partial charge in [0, 0.05) is 29.6 Å². The van der Waals surface area contributed by atoms with Crippen LogP contribution in [0.4, 0.5) is 19.6 Å². The van der Waals surface area contributed by atoms with Crippen LogP contribution in [0.1, 0.15) is 29.8 Å². The van der Waals surface area contributed by atoms with E-state index in [0.717, 1.165) is 49.6 Å². The molecule has 26 heavy (non-hydrogen) atoms. The van der Waals surface area contributed by atoms with E-state index < -0.39 is 17.6 Å². The Morgan fingerprint density at radius 2 is 1.92 bits per heavy atom. The van der Waals surface area contributed by atoms with Crippen molar-refractivity contribution in [2.75, 3.05) is 16.8 Å². The number of benzene rings is 1. The third-order valence-corrected chi connectivity index (χ3v) is 5.80. The maximum atomic E-state index is 13.4. The molecule has 1 aliphatic heterocycles. The molecule has 1 unspecified atom stereocenters. The number of aromatic nitrogens is 1. The summed E-state index contributed by atoms with van der Waals surface area (Å²) in [5.41, 5.74) is 1.18. The summed E-state index contributed by atoms with van der Waals surface area (Å²) in [5.74, 6) is -2.70. The van der Waals surface area contributed by atoms with Crippen molar-refractivity contribution in [1.29, 1.82) is 0 Å². The highest BCUT2D eigenvalue weighted by atomic mass is 32.1. The zero-order chi connectivity index (χ0) is 18.3. The number of carbonyl (C=O) groups excluding carboxylic acids is 2. The lowest BCUT2D eigenvalue weighted by molar-refractivity contribution is -0.122. The van der Waals surface area contributed by atoms with Crippen molar-refractivity contribution < 1.29 is 18.4 Å². The maximum absolute atomic E-state index is 13.4. The second-order valence-corrected chi connectivity index (χ2v) is 7.70. The molecule has 2 heterocycles. The van der Waals surface area contributed by atoms with Crippen molar-refractivity contribution in [3.05, 3.63) is 40.4 Å². The van der Waals surface area contributed by atoms with Gasteiger partial charge in [-0.2, -0.15) is 0 Å². The van der Waals surface area contributed by atoms with Gasteiger partial charge in [-0.25, -0.2) is 13.8 Å². The van der Waals surface area contributed by atoms with Gasteiger partial charge in [0.1, 0.15) is 11.6 Å². The number of hydrogen-bond acceptors (Lipinski definition) is 4. The van der Waals surface area contributed by atoms with Gasteiger partial charge in [-0.15, -0.1) is 11.3 Å². The number of nitrogens with zero attached hydrogens (tertiary/aromatic N) is 2. The Hall–Kier alpha value is -2.35. The lowest BCUT2D eigenvalue weighted by Crippen LogP contribution is -2.28. The van der Waals surface area contributed by atoms with E-state index >= 15 is 0 Å². The van der Waals surface area contributed by atoms with E-state index in [1.165, 1.54) is 21.1 Å². The third kappa shape index (κ3) is 3.33. The zero-order valence-electron chi connectivity index (χ0n) is 13.9. The Morgan fingerprint density at radius 1 is 1.19 bits per heavy atom. The number of halogens is 2. The first-order chi connectivity index (χ1) is 12.5. The minimum atomic E-state index is -0.755. The van der Waals surface area contributed by atoms with E-state index in [1.807, 2.05) is 0 Å². The van der Waals surface area contributed by atoms with Gasteiger partial charge in [0.25, 0.3) is 0 Å². The quantitative estimate of drug-likeness (QED) is 0.893. The van der Waals surface area contributed by atoms with Crippen molar-refractivity contribution in [3.63, 3.8) is 0 Å². The third-order valence-electron chi connectivity index (χ3n) is 4.73. The summed E-state index contributed by atoms with van der Waals surface area (Å²) in [6.07, 6.45) is 4.18. The molecule has 4 rings (SSSR count). The summed E-state index contributed by atoms with van der Waals surface area (Å²) >= 11 is 1.48. The molecular weight excluding hydrogens is 360 g/mol. The van der Waals surface area contributed by atoms with Gasteiger partial charge in [-0.1, -0.05) is 0 Å². The van der Waals surface area contributed by atoms with Crippen molar-refractivity contribution in [1.82, 2.24) is 4.98 Å². The van der Waals surface area contributed by atoms with E-state index in [0.29, 0.717) is 5.13 Å². The minimum absolute atomic E-state index is 0.00898. The van der Waals surface area contributed by atoms with Gasteiger partial charge >= 0.3 is 0 Å². The number of carbonyl (C=O) groups is 2. The number of aryl methyl sites for hydroxylation is 2. The highest BCUT2D eigenvalue weighted by Gasteiger charge is 2.36. The lowest BCUT2D eigenvalue weighted by Gasteiger charge is -2.16. The molecule has 1 aromatic heterocycles. The molecule has 1 aliphatic carbocycles. The van der Waals surface area contributed by atoms with Crippen molar-refractivity contribution in [2.45, 2.75) is 32.1 Å². The molecule has 5 nitrogen and oxygen atoms in total. The van der Waals surface area contributed by atoms with Gasteiger partial charge in [0.05, 0.1) is 11.6 Å². The van der Waals surface area contributed by atoms with Gasteiger partial charge in [-0.3, -0.25) is 9.59 Å². The summed E-state index contributed by atoms with van der Waals surface area (Å²) < 4.78 is 26.8. The highest BCUT2D eigenvalue weighted by molar-refractivity contribution is 7.15. The van der Waals surface area contributed by atoms with Crippen LogP contribution >= 0.6 is 11.3 Å². The molecule has 0 bridgehead atoms. The average molecular weight is 377 g/mol. The van der Waals surface area contributed by atoms with Gasteiger partial charge in [0.2, 0.25) is 11.8 Å². The number of hydrogen-bond donors (Lipinski definition) is 1. The normalized spacial score (nSPS) is 19.5. The second kappa shape index (κ2) is 6.75. The van der Waals surface area contributed by atoms with Crippen molar-refractivity contribution in [2.24, 2.45) is 5.92 Å². The molecule has 0 spiro atoms. The van der Waals surface area contributed by atoms with E-state index in [2.05, 4.69) is 10.3 Å². The second-order valence-electron chi connectivity index (χ2n) is 6.62. The van der Waals surface area contributed by atoms with Crippen LogP contribution in [0.3, 0.4) is 0 Å². The molecule has 1 fully saturated rings.